The van der Waals surface area contributed by atoms with Crippen molar-refractivity contribution in [2.75, 3.05) is 5.32 Å². The minimum absolute atomic E-state index is 0. The fourth-order valence-electron chi connectivity index (χ4n) is 2.84. The average Bonchev–Trinajstić information content (AvgIpc) is 3.13. The maximum Gasteiger partial charge on any atom is 0.356 e. The van der Waals surface area contributed by atoms with Crippen LogP contribution in [0.25, 0.3) is 0 Å². The summed E-state index contributed by atoms with van der Waals surface area (Å²) in [4.78, 5) is 24.1. The van der Waals surface area contributed by atoms with Gasteiger partial charge < -0.3 is 10.4 Å². The summed E-state index contributed by atoms with van der Waals surface area (Å²) in [5, 5.41) is 26.8. The minimum Gasteiger partial charge on any atom is -0.476 e. The summed E-state index contributed by atoms with van der Waals surface area (Å²) >= 11 is 5.82. The second kappa shape index (κ2) is 12.3. The molecule has 0 atom stereocenters. The van der Waals surface area contributed by atoms with Crippen molar-refractivity contribution in [3.8, 4) is 0 Å². The monoisotopic (exact) mass is 534 g/mol. The van der Waals surface area contributed by atoms with Gasteiger partial charge in [0.1, 0.15) is 11.7 Å². The number of aromatic carboxylic acids is 1. The summed E-state index contributed by atoms with van der Waals surface area (Å²) in [5.41, 5.74) is -0.0119. The number of aromatic amines is 1. The highest BCUT2D eigenvalue weighted by atomic mass is 35.5. The van der Waals surface area contributed by atoms with Gasteiger partial charge in [-0.25, -0.2) is 19.4 Å². The topological polar surface area (TPSA) is 148 Å². The van der Waals surface area contributed by atoms with Crippen molar-refractivity contribution in [3.05, 3.63) is 81.5 Å². The van der Waals surface area contributed by atoms with Gasteiger partial charge in [0.15, 0.2) is 17.3 Å². The lowest BCUT2D eigenvalue weighted by molar-refractivity contribution is 0.0689. The van der Waals surface area contributed by atoms with E-state index < -0.39 is 29.2 Å². The van der Waals surface area contributed by atoms with Crippen LogP contribution in [0.4, 0.5) is 14.6 Å². The summed E-state index contributed by atoms with van der Waals surface area (Å²) in [5.74, 6) is 0.792. The Morgan fingerprint density at radius 1 is 1.18 bits per heavy atom. The number of hydrazine groups is 1. The zero-order chi connectivity index (χ0) is 23.4. The van der Waals surface area contributed by atoms with Crippen molar-refractivity contribution in [2.24, 2.45) is 5.84 Å². The second-order valence-electron chi connectivity index (χ2n) is 6.67. The molecule has 1 amide bonds. The molecule has 3 aromatic rings. The zero-order valence-electron chi connectivity index (χ0n) is 17.1. The zero-order valence-corrected chi connectivity index (χ0v) is 19.5. The Hall–Kier alpha value is -3.25. The Kier molecular flexibility index (Phi) is 10.4. The van der Waals surface area contributed by atoms with Gasteiger partial charge in [0.2, 0.25) is 0 Å². The van der Waals surface area contributed by atoms with Crippen LogP contribution in [0.3, 0.4) is 0 Å². The Morgan fingerprint density at radius 3 is 2.41 bits per heavy atom. The molecule has 2 aromatic carbocycles. The molecule has 6 N–H and O–H groups in total. The number of hydrogen-bond acceptors (Lipinski definition) is 5. The SMILES string of the molecule is Cl.Cl.N=C(Cc1c(C(=O)O)n[nH]c1NC(=O)c1cc(F)c(F)cc1Cl)N(N)Cc1ccccc1. The van der Waals surface area contributed by atoms with Crippen LogP contribution in [0.2, 0.25) is 5.02 Å². The number of rotatable bonds is 7. The third-order valence-corrected chi connectivity index (χ3v) is 4.76. The van der Waals surface area contributed by atoms with E-state index in [1.54, 1.807) is 0 Å². The predicted molar refractivity (Wildman–Crippen MR) is 127 cm³/mol. The fourth-order valence-corrected chi connectivity index (χ4v) is 3.08. The quantitative estimate of drug-likeness (QED) is 0.101. The van der Waals surface area contributed by atoms with E-state index >= 15 is 0 Å². The highest BCUT2D eigenvalue weighted by Gasteiger charge is 2.24. The number of carbonyl (C=O) groups is 2. The first kappa shape index (κ1) is 28.8. The molecule has 0 saturated carbocycles. The van der Waals surface area contributed by atoms with Crippen LogP contribution < -0.4 is 11.2 Å². The number of anilines is 1. The van der Waals surface area contributed by atoms with E-state index in [4.69, 9.17) is 22.9 Å². The predicted octanol–water partition coefficient (Wildman–Crippen LogP) is 4.03. The summed E-state index contributed by atoms with van der Waals surface area (Å²) < 4.78 is 26.8. The number of hydrogen-bond donors (Lipinski definition) is 5. The molecule has 0 aliphatic heterocycles. The number of amides is 1. The molecule has 0 spiro atoms. The number of carboxylic acid groups (broad SMARTS) is 1. The minimum atomic E-state index is -1.40. The summed E-state index contributed by atoms with van der Waals surface area (Å²) in [6.45, 7) is 0.187. The highest BCUT2D eigenvalue weighted by Crippen LogP contribution is 2.23. The number of benzene rings is 2. The molecule has 1 heterocycles. The molecule has 34 heavy (non-hydrogen) atoms. The molecule has 0 unspecified atom stereocenters. The van der Waals surface area contributed by atoms with Gasteiger partial charge in [-0.15, -0.1) is 24.8 Å². The van der Waals surface area contributed by atoms with E-state index in [-0.39, 0.29) is 65.6 Å². The van der Waals surface area contributed by atoms with E-state index in [1.165, 1.54) is 0 Å². The molecular formula is C20H19Cl3F2N6O3. The van der Waals surface area contributed by atoms with E-state index in [9.17, 15) is 23.5 Å². The molecule has 0 bridgehead atoms. The lowest BCUT2D eigenvalue weighted by Crippen LogP contribution is -2.37. The maximum absolute atomic E-state index is 13.5. The Morgan fingerprint density at radius 2 is 1.79 bits per heavy atom. The molecule has 0 saturated heterocycles. The number of H-pyrrole nitrogens is 1. The maximum atomic E-state index is 13.5. The van der Waals surface area contributed by atoms with Crippen molar-refractivity contribution in [1.82, 2.24) is 15.2 Å². The standard InChI is InChI=1S/C20H17ClF2N6O3.2ClH/c21-13-8-15(23)14(22)6-11(13)19(30)26-18-12(17(20(31)32)27-28-18)7-16(24)29(25)9-10-4-2-1-3-5-10;;/h1-6,8,24H,7,9,25H2,(H,31,32)(H2,26,27,28,30);2*1H. The van der Waals surface area contributed by atoms with Crippen molar-refractivity contribution in [2.45, 2.75) is 13.0 Å². The van der Waals surface area contributed by atoms with Crippen molar-refractivity contribution in [3.63, 3.8) is 0 Å². The van der Waals surface area contributed by atoms with Crippen LogP contribution in [-0.4, -0.2) is 38.0 Å². The molecule has 0 aliphatic rings. The number of nitrogens with zero attached hydrogens (tertiary/aromatic N) is 2. The first-order chi connectivity index (χ1) is 15.2. The van der Waals surface area contributed by atoms with Crippen LogP contribution in [0.15, 0.2) is 42.5 Å². The fraction of sp³-hybridized carbons (Fsp3) is 0.100. The first-order valence-electron chi connectivity index (χ1n) is 9.07. The number of nitrogens with two attached hydrogens (primary N) is 1. The van der Waals surface area contributed by atoms with E-state index in [2.05, 4.69) is 15.5 Å². The third kappa shape index (κ3) is 6.64. The molecule has 0 aliphatic carbocycles. The summed E-state index contributed by atoms with van der Waals surface area (Å²) in [7, 11) is 0. The molecule has 1 aromatic heterocycles. The van der Waals surface area contributed by atoms with Gasteiger partial charge in [0, 0.05) is 12.0 Å². The number of carbonyl (C=O) groups excluding carboxylic acids is 1. The Balaban J connectivity index is 0.00000289. The normalized spacial score (nSPS) is 10.0. The van der Waals surface area contributed by atoms with Crippen molar-refractivity contribution in [1.29, 1.82) is 5.41 Å². The summed E-state index contributed by atoms with van der Waals surface area (Å²) in [6.07, 6.45) is -0.289. The van der Waals surface area contributed by atoms with Crippen LogP contribution in [-0.2, 0) is 13.0 Å². The van der Waals surface area contributed by atoms with Gasteiger partial charge in [0.05, 0.1) is 17.1 Å². The summed E-state index contributed by atoms with van der Waals surface area (Å²) in [6, 6.07) is 10.3. The molecule has 3 rings (SSSR count). The Bertz CT molecular complexity index is 1190. The van der Waals surface area contributed by atoms with Gasteiger partial charge in [-0.05, 0) is 17.7 Å². The smallest absolute Gasteiger partial charge is 0.356 e. The molecule has 0 fully saturated rings. The third-order valence-electron chi connectivity index (χ3n) is 4.45. The van der Waals surface area contributed by atoms with Gasteiger partial charge in [-0.3, -0.25) is 20.3 Å². The molecule has 0 radical (unpaired) electrons. The number of amidine groups is 1. The van der Waals surface area contributed by atoms with Crippen LogP contribution in [0.1, 0.15) is 32.0 Å². The van der Waals surface area contributed by atoms with Gasteiger partial charge in [-0.1, -0.05) is 41.9 Å². The van der Waals surface area contributed by atoms with Crippen LogP contribution in [0, 0.1) is 17.0 Å². The Labute approximate surface area is 209 Å². The largest absolute Gasteiger partial charge is 0.476 e. The van der Waals surface area contributed by atoms with E-state index in [0.29, 0.717) is 12.1 Å². The van der Waals surface area contributed by atoms with E-state index in [0.717, 1.165) is 10.6 Å². The number of aromatic nitrogens is 2. The average molecular weight is 536 g/mol. The molecule has 9 nitrogen and oxygen atoms in total. The van der Waals surface area contributed by atoms with Crippen LogP contribution >= 0.6 is 36.4 Å². The van der Waals surface area contributed by atoms with Gasteiger partial charge in [0.25, 0.3) is 5.91 Å². The number of carboxylic acids is 1. The second-order valence-corrected chi connectivity index (χ2v) is 7.08. The van der Waals surface area contributed by atoms with Crippen molar-refractivity contribution < 1.29 is 23.5 Å². The molecule has 182 valence electrons. The number of halogens is 5. The lowest BCUT2D eigenvalue weighted by Gasteiger charge is -2.19. The highest BCUT2D eigenvalue weighted by molar-refractivity contribution is 6.34. The molecular weight excluding hydrogens is 517 g/mol. The first-order valence-corrected chi connectivity index (χ1v) is 9.45. The lowest BCUT2D eigenvalue weighted by atomic mass is 10.1. The van der Waals surface area contributed by atoms with E-state index in [1.807, 2.05) is 30.3 Å². The van der Waals surface area contributed by atoms with Gasteiger partial charge in [-0.2, -0.15) is 5.10 Å². The molecule has 14 heteroatoms. The van der Waals surface area contributed by atoms with Gasteiger partial charge >= 0.3 is 5.97 Å². The van der Waals surface area contributed by atoms with Crippen molar-refractivity contribution >= 4 is 59.9 Å². The number of nitrogens with one attached hydrogen (secondary N) is 3. The van der Waals surface area contributed by atoms with Crippen LogP contribution in [0.5, 0.6) is 0 Å².